The highest BCUT2D eigenvalue weighted by molar-refractivity contribution is 5.19. The van der Waals surface area contributed by atoms with E-state index in [0.29, 0.717) is 6.04 Å². The molecule has 0 amide bonds. The van der Waals surface area contributed by atoms with Crippen molar-refractivity contribution in [2.45, 2.75) is 44.8 Å². The average molecular weight is 247 g/mol. The largest absolute Gasteiger partial charge is 0.375 e. The van der Waals surface area contributed by atoms with Gasteiger partial charge in [0.1, 0.15) is 0 Å². The van der Waals surface area contributed by atoms with E-state index in [2.05, 4.69) is 42.6 Å². The molecule has 0 spiro atoms. The fourth-order valence-corrected chi connectivity index (χ4v) is 2.53. The van der Waals surface area contributed by atoms with Crippen LogP contribution in [0.3, 0.4) is 0 Å². The lowest BCUT2D eigenvalue weighted by Gasteiger charge is -2.27. The average Bonchev–Trinajstić information content (AvgIpc) is 3.22. The van der Waals surface area contributed by atoms with Crippen LogP contribution in [0.1, 0.15) is 44.3 Å². The third-order valence-electron chi connectivity index (χ3n) is 3.69. The first kappa shape index (κ1) is 13.6. The lowest BCUT2D eigenvalue weighted by molar-refractivity contribution is 0.0630. The number of hydrogen-bond donors (Lipinski definition) is 1. The Morgan fingerprint density at radius 3 is 2.56 bits per heavy atom. The first-order valence-electron chi connectivity index (χ1n) is 7.16. The lowest BCUT2D eigenvalue weighted by Crippen LogP contribution is -2.36. The van der Waals surface area contributed by atoms with E-state index in [0.717, 1.165) is 12.5 Å². The van der Waals surface area contributed by atoms with Gasteiger partial charge in [0.2, 0.25) is 0 Å². The molecule has 1 aromatic carbocycles. The van der Waals surface area contributed by atoms with Crippen molar-refractivity contribution in [1.82, 2.24) is 5.32 Å². The van der Waals surface area contributed by atoms with Crippen molar-refractivity contribution in [2.75, 3.05) is 13.7 Å². The molecule has 2 atom stereocenters. The number of ether oxygens (including phenoxy) is 1. The summed E-state index contributed by atoms with van der Waals surface area (Å²) in [5, 5.41) is 3.67. The Morgan fingerprint density at radius 1 is 1.28 bits per heavy atom. The molecule has 1 aliphatic rings. The maximum atomic E-state index is 5.76. The Kier molecular flexibility index (Phi) is 5.21. The fourth-order valence-electron chi connectivity index (χ4n) is 2.53. The molecule has 1 saturated carbocycles. The van der Waals surface area contributed by atoms with E-state index in [4.69, 9.17) is 4.74 Å². The minimum absolute atomic E-state index is 0.179. The summed E-state index contributed by atoms with van der Waals surface area (Å²) in [6.45, 7) is 3.29. The summed E-state index contributed by atoms with van der Waals surface area (Å²) in [4.78, 5) is 0. The van der Waals surface area contributed by atoms with Crippen molar-refractivity contribution in [3.8, 4) is 0 Å². The third kappa shape index (κ3) is 3.82. The SMILES string of the molecule is CCCNC(CC1CC1)C(OC)c1ccccc1. The van der Waals surface area contributed by atoms with Crippen LogP contribution in [-0.4, -0.2) is 19.7 Å². The van der Waals surface area contributed by atoms with Crippen molar-refractivity contribution in [1.29, 1.82) is 0 Å². The fraction of sp³-hybridized carbons (Fsp3) is 0.625. The summed E-state index contributed by atoms with van der Waals surface area (Å²) in [6.07, 6.45) is 5.39. The predicted molar refractivity (Wildman–Crippen MR) is 75.6 cm³/mol. The van der Waals surface area contributed by atoms with Gasteiger partial charge in [0.15, 0.2) is 0 Å². The van der Waals surface area contributed by atoms with Crippen LogP contribution in [-0.2, 0) is 4.74 Å². The summed E-state index contributed by atoms with van der Waals surface area (Å²) in [5.74, 6) is 0.917. The molecule has 0 heterocycles. The molecule has 0 aromatic heterocycles. The summed E-state index contributed by atoms with van der Waals surface area (Å²) < 4.78 is 5.76. The normalized spacial score (nSPS) is 18.6. The Bertz CT molecular complexity index is 334. The standard InChI is InChI=1S/C16H25NO/c1-3-11-17-15(12-13-9-10-13)16(18-2)14-7-5-4-6-8-14/h4-8,13,15-17H,3,9-12H2,1-2H3. The van der Waals surface area contributed by atoms with Gasteiger partial charge in [-0.05, 0) is 30.9 Å². The predicted octanol–water partition coefficient (Wildman–Crippen LogP) is 3.54. The van der Waals surface area contributed by atoms with E-state index in [1.54, 1.807) is 0 Å². The maximum Gasteiger partial charge on any atom is 0.0974 e. The van der Waals surface area contributed by atoms with Crippen LogP contribution in [0, 0.1) is 5.92 Å². The van der Waals surface area contributed by atoms with Crippen LogP contribution >= 0.6 is 0 Å². The Balaban J connectivity index is 2.04. The van der Waals surface area contributed by atoms with E-state index in [-0.39, 0.29) is 6.10 Å². The second-order valence-corrected chi connectivity index (χ2v) is 5.31. The molecule has 1 fully saturated rings. The van der Waals surface area contributed by atoms with Gasteiger partial charge in [0, 0.05) is 13.2 Å². The molecule has 0 bridgehead atoms. The second kappa shape index (κ2) is 6.91. The van der Waals surface area contributed by atoms with Crippen molar-refractivity contribution >= 4 is 0 Å². The van der Waals surface area contributed by atoms with Gasteiger partial charge in [-0.1, -0.05) is 50.1 Å². The van der Waals surface area contributed by atoms with E-state index in [9.17, 15) is 0 Å². The number of hydrogen-bond acceptors (Lipinski definition) is 2. The highest BCUT2D eigenvalue weighted by Crippen LogP contribution is 2.37. The van der Waals surface area contributed by atoms with Crippen LogP contribution < -0.4 is 5.32 Å². The van der Waals surface area contributed by atoms with Gasteiger partial charge in [-0.2, -0.15) is 0 Å². The zero-order valence-electron chi connectivity index (χ0n) is 11.6. The second-order valence-electron chi connectivity index (χ2n) is 5.31. The molecule has 1 aromatic rings. The van der Waals surface area contributed by atoms with Gasteiger partial charge in [-0.25, -0.2) is 0 Å². The lowest BCUT2D eigenvalue weighted by atomic mass is 9.97. The summed E-state index contributed by atoms with van der Waals surface area (Å²) in [7, 11) is 1.82. The molecular weight excluding hydrogens is 222 g/mol. The zero-order chi connectivity index (χ0) is 12.8. The van der Waals surface area contributed by atoms with Gasteiger partial charge in [-0.15, -0.1) is 0 Å². The summed E-state index contributed by atoms with van der Waals surface area (Å²) in [6, 6.07) is 11.0. The molecule has 2 nitrogen and oxygen atoms in total. The highest BCUT2D eigenvalue weighted by atomic mass is 16.5. The first-order valence-corrected chi connectivity index (χ1v) is 7.16. The quantitative estimate of drug-likeness (QED) is 0.758. The molecular formula is C16H25NO. The Hall–Kier alpha value is -0.860. The molecule has 18 heavy (non-hydrogen) atoms. The molecule has 2 unspecified atom stereocenters. The number of benzene rings is 1. The minimum atomic E-state index is 0.179. The van der Waals surface area contributed by atoms with E-state index < -0.39 is 0 Å². The Labute approximate surface area is 111 Å². The van der Waals surface area contributed by atoms with Crippen LogP contribution in [0.4, 0.5) is 0 Å². The van der Waals surface area contributed by atoms with E-state index >= 15 is 0 Å². The third-order valence-corrected chi connectivity index (χ3v) is 3.69. The van der Waals surface area contributed by atoms with Crippen molar-refractivity contribution in [3.05, 3.63) is 35.9 Å². The van der Waals surface area contributed by atoms with Gasteiger partial charge < -0.3 is 10.1 Å². The summed E-state index contributed by atoms with van der Waals surface area (Å²) >= 11 is 0. The molecule has 0 aliphatic heterocycles. The molecule has 2 rings (SSSR count). The van der Waals surface area contributed by atoms with Crippen LogP contribution in [0.2, 0.25) is 0 Å². The van der Waals surface area contributed by atoms with Crippen molar-refractivity contribution in [3.63, 3.8) is 0 Å². The maximum absolute atomic E-state index is 5.76. The molecule has 2 heteroatoms. The van der Waals surface area contributed by atoms with Gasteiger partial charge in [-0.3, -0.25) is 0 Å². The first-order chi connectivity index (χ1) is 8.85. The van der Waals surface area contributed by atoms with Crippen LogP contribution in [0.15, 0.2) is 30.3 Å². The van der Waals surface area contributed by atoms with E-state index in [1.165, 1.54) is 31.2 Å². The van der Waals surface area contributed by atoms with E-state index in [1.807, 2.05) is 7.11 Å². The topological polar surface area (TPSA) is 21.3 Å². The smallest absolute Gasteiger partial charge is 0.0974 e. The molecule has 1 aliphatic carbocycles. The number of methoxy groups -OCH3 is 1. The highest BCUT2D eigenvalue weighted by Gasteiger charge is 2.30. The van der Waals surface area contributed by atoms with Gasteiger partial charge in [0.05, 0.1) is 6.10 Å². The summed E-state index contributed by atoms with van der Waals surface area (Å²) in [5.41, 5.74) is 1.29. The van der Waals surface area contributed by atoms with Gasteiger partial charge >= 0.3 is 0 Å². The number of rotatable bonds is 8. The zero-order valence-corrected chi connectivity index (χ0v) is 11.6. The van der Waals surface area contributed by atoms with Crippen LogP contribution in [0.25, 0.3) is 0 Å². The Morgan fingerprint density at radius 2 is 2.00 bits per heavy atom. The minimum Gasteiger partial charge on any atom is -0.375 e. The van der Waals surface area contributed by atoms with Gasteiger partial charge in [0.25, 0.3) is 0 Å². The van der Waals surface area contributed by atoms with Crippen molar-refractivity contribution < 1.29 is 4.74 Å². The van der Waals surface area contributed by atoms with Crippen molar-refractivity contribution in [2.24, 2.45) is 5.92 Å². The molecule has 0 radical (unpaired) electrons. The molecule has 100 valence electrons. The monoisotopic (exact) mass is 247 g/mol. The number of nitrogens with one attached hydrogen (secondary N) is 1. The molecule has 0 saturated heterocycles. The molecule has 1 N–H and O–H groups in total. The van der Waals surface area contributed by atoms with Crippen LogP contribution in [0.5, 0.6) is 0 Å².